The third-order valence-electron chi connectivity index (χ3n) is 4.98. The number of urea groups is 1. The maximum Gasteiger partial charge on any atom is 0.317 e. The van der Waals surface area contributed by atoms with Crippen molar-refractivity contribution in [1.82, 2.24) is 15.5 Å². The number of hydrogen-bond acceptors (Lipinski definition) is 3. The monoisotopic (exact) mass is 373 g/mol. The van der Waals surface area contributed by atoms with Crippen LogP contribution in [0.1, 0.15) is 44.2 Å². The van der Waals surface area contributed by atoms with Gasteiger partial charge in [0.2, 0.25) is 5.91 Å². The van der Waals surface area contributed by atoms with E-state index in [0.29, 0.717) is 50.9 Å². The number of hydrogen-bond donors (Lipinski definition) is 2. The first-order valence-electron chi connectivity index (χ1n) is 10.1. The van der Waals surface area contributed by atoms with Crippen LogP contribution in [-0.4, -0.2) is 43.1 Å². The highest BCUT2D eigenvalue weighted by Crippen LogP contribution is 2.27. The second kappa shape index (κ2) is 9.11. The second-order valence-corrected chi connectivity index (χ2v) is 8.04. The maximum atomic E-state index is 12.4. The summed E-state index contributed by atoms with van der Waals surface area (Å²) in [6, 6.07) is 5.99. The summed E-state index contributed by atoms with van der Waals surface area (Å²) >= 11 is 0. The van der Waals surface area contributed by atoms with Crippen LogP contribution < -0.4 is 15.4 Å². The number of nitrogens with one attached hydrogen (secondary N) is 2. The molecule has 1 aliphatic heterocycles. The van der Waals surface area contributed by atoms with Gasteiger partial charge in [0, 0.05) is 25.1 Å². The van der Waals surface area contributed by atoms with Crippen molar-refractivity contribution < 1.29 is 14.3 Å². The van der Waals surface area contributed by atoms with Crippen LogP contribution >= 0.6 is 0 Å². The van der Waals surface area contributed by atoms with Crippen molar-refractivity contribution in [2.24, 2.45) is 11.8 Å². The topological polar surface area (TPSA) is 70.7 Å². The van der Waals surface area contributed by atoms with Gasteiger partial charge in [-0.15, -0.1) is 0 Å². The van der Waals surface area contributed by atoms with Gasteiger partial charge in [-0.05, 0) is 42.7 Å². The van der Waals surface area contributed by atoms with Crippen LogP contribution in [0.3, 0.4) is 0 Å². The Bertz CT molecular complexity index is 671. The highest BCUT2D eigenvalue weighted by molar-refractivity contribution is 5.76. The van der Waals surface area contributed by atoms with Gasteiger partial charge in [0.25, 0.3) is 0 Å². The van der Waals surface area contributed by atoms with Crippen molar-refractivity contribution in [1.29, 1.82) is 0 Å². The summed E-state index contributed by atoms with van der Waals surface area (Å²) < 4.78 is 5.81. The molecule has 1 fully saturated rings. The molecule has 0 radical (unpaired) electrons. The van der Waals surface area contributed by atoms with Crippen LogP contribution in [-0.2, 0) is 17.8 Å². The zero-order valence-corrected chi connectivity index (χ0v) is 16.4. The predicted molar refractivity (Wildman–Crippen MR) is 105 cm³/mol. The largest absolute Gasteiger partial charge is 0.491 e. The molecule has 0 bridgehead atoms. The molecule has 1 heterocycles. The Morgan fingerprint density at radius 3 is 2.81 bits per heavy atom. The Labute approximate surface area is 161 Å². The van der Waals surface area contributed by atoms with E-state index in [-0.39, 0.29) is 11.9 Å². The van der Waals surface area contributed by atoms with Crippen molar-refractivity contribution in [2.45, 2.75) is 46.1 Å². The number of fused-ring (bicyclic) bond motifs is 1. The zero-order valence-electron chi connectivity index (χ0n) is 16.4. The Morgan fingerprint density at radius 1 is 1.26 bits per heavy atom. The third kappa shape index (κ3) is 6.15. The fraction of sp³-hybridized carbons (Fsp3) is 0.619. The van der Waals surface area contributed by atoms with Gasteiger partial charge in [0.1, 0.15) is 12.4 Å². The third-order valence-corrected chi connectivity index (χ3v) is 4.98. The zero-order chi connectivity index (χ0) is 19.2. The predicted octanol–water partition coefficient (Wildman–Crippen LogP) is 2.71. The van der Waals surface area contributed by atoms with Crippen molar-refractivity contribution >= 4 is 11.9 Å². The first kappa shape index (κ1) is 19.5. The molecule has 0 aromatic heterocycles. The summed E-state index contributed by atoms with van der Waals surface area (Å²) in [7, 11) is 0. The molecule has 1 aromatic carbocycles. The number of benzene rings is 1. The van der Waals surface area contributed by atoms with Gasteiger partial charge < -0.3 is 20.3 Å². The second-order valence-electron chi connectivity index (χ2n) is 8.04. The van der Waals surface area contributed by atoms with E-state index < -0.39 is 0 Å². The molecule has 148 valence electrons. The highest BCUT2D eigenvalue weighted by Gasteiger charge is 2.22. The molecule has 0 atom stereocenters. The minimum absolute atomic E-state index is 0.0509. The first-order valence-corrected chi connectivity index (χ1v) is 10.1. The molecule has 0 spiro atoms. The molecule has 3 rings (SSSR count). The van der Waals surface area contributed by atoms with Gasteiger partial charge in [-0.2, -0.15) is 0 Å². The van der Waals surface area contributed by atoms with Crippen molar-refractivity contribution in [3.63, 3.8) is 0 Å². The average molecular weight is 373 g/mol. The van der Waals surface area contributed by atoms with Gasteiger partial charge >= 0.3 is 6.03 Å². The lowest BCUT2D eigenvalue weighted by molar-refractivity contribution is -0.121. The molecule has 2 aliphatic rings. The lowest BCUT2D eigenvalue weighted by Crippen LogP contribution is -2.41. The van der Waals surface area contributed by atoms with E-state index in [1.165, 1.54) is 12.8 Å². The van der Waals surface area contributed by atoms with Crippen LogP contribution in [0.2, 0.25) is 0 Å². The summed E-state index contributed by atoms with van der Waals surface area (Å²) in [6.45, 7) is 7.22. The Kier molecular flexibility index (Phi) is 6.58. The normalized spacial score (nSPS) is 16.3. The molecule has 0 saturated heterocycles. The van der Waals surface area contributed by atoms with E-state index in [2.05, 4.69) is 30.5 Å². The SMILES string of the molecule is CC(C)CNC(=O)N1CCOc2ccc(CCC(=O)NCC3CC3)cc2C1. The molecule has 0 unspecified atom stereocenters. The fourth-order valence-corrected chi connectivity index (χ4v) is 3.11. The van der Waals surface area contributed by atoms with E-state index in [1.54, 1.807) is 4.90 Å². The smallest absolute Gasteiger partial charge is 0.317 e. The minimum Gasteiger partial charge on any atom is -0.491 e. The van der Waals surface area contributed by atoms with Gasteiger partial charge in [-0.3, -0.25) is 4.79 Å². The van der Waals surface area contributed by atoms with Gasteiger partial charge in [0.15, 0.2) is 0 Å². The molecule has 2 N–H and O–H groups in total. The molecular formula is C21H31N3O3. The molecule has 6 heteroatoms. The molecule has 1 aromatic rings. The number of amides is 3. The van der Waals surface area contributed by atoms with Crippen molar-refractivity contribution in [3.05, 3.63) is 29.3 Å². The lowest BCUT2D eigenvalue weighted by atomic mass is 10.0. The summed E-state index contributed by atoms with van der Waals surface area (Å²) in [6.07, 6.45) is 3.67. The van der Waals surface area contributed by atoms with Crippen molar-refractivity contribution in [3.8, 4) is 5.75 Å². The van der Waals surface area contributed by atoms with Crippen molar-refractivity contribution in [2.75, 3.05) is 26.2 Å². The Hall–Kier alpha value is -2.24. The molecule has 27 heavy (non-hydrogen) atoms. The van der Waals surface area contributed by atoms with Crippen LogP contribution in [0.15, 0.2) is 18.2 Å². The molecule has 6 nitrogen and oxygen atoms in total. The molecular weight excluding hydrogens is 342 g/mol. The van der Waals surface area contributed by atoms with E-state index in [0.717, 1.165) is 23.4 Å². The lowest BCUT2D eigenvalue weighted by Gasteiger charge is -2.21. The Morgan fingerprint density at radius 2 is 2.07 bits per heavy atom. The number of carbonyl (C=O) groups excluding carboxylic acids is 2. The highest BCUT2D eigenvalue weighted by atomic mass is 16.5. The van der Waals surface area contributed by atoms with Crippen LogP contribution in [0.25, 0.3) is 0 Å². The number of carbonyl (C=O) groups is 2. The van der Waals surface area contributed by atoms with Gasteiger partial charge in [-0.25, -0.2) is 4.79 Å². The number of rotatable bonds is 7. The minimum atomic E-state index is -0.0509. The molecule has 3 amide bonds. The Balaban J connectivity index is 1.55. The summed E-state index contributed by atoms with van der Waals surface area (Å²) in [5, 5.41) is 5.98. The van der Waals surface area contributed by atoms with Gasteiger partial charge in [0.05, 0.1) is 13.1 Å². The summed E-state index contributed by atoms with van der Waals surface area (Å²) in [5.41, 5.74) is 2.10. The van der Waals surface area contributed by atoms with Crippen LogP contribution in [0.4, 0.5) is 4.79 Å². The number of aryl methyl sites for hydroxylation is 1. The standard InChI is InChI=1S/C21H31N3O3/c1-15(2)12-23-21(26)24-9-10-27-19-7-5-16(11-18(19)14-24)6-8-20(25)22-13-17-3-4-17/h5,7,11,15,17H,3-4,6,8-10,12-14H2,1-2H3,(H,22,25)(H,23,26). The van der Waals surface area contributed by atoms with E-state index in [4.69, 9.17) is 4.74 Å². The summed E-state index contributed by atoms with van der Waals surface area (Å²) in [4.78, 5) is 26.2. The van der Waals surface area contributed by atoms with E-state index in [9.17, 15) is 9.59 Å². The number of ether oxygens (including phenoxy) is 1. The van der Waals surface area contributed by atoms with E-state index in [1.807, 2.05) is 12.1 Å². The quantitative estimate of drug-likeness (QED) is 0.772. The van der Waals surface area contributed by atoms with E-state index >= 15 is 0 Å². The van der Waals surface area contributed by atoms with Crippen LogP contribution in [0, 0.1) is 11.8 Å². The van der Waals surface area contributed by atoms with Crippen LogP contribution in [0.5, 0.6) is 5.75 Å². The average Bonchev–Trinajstić information content (AvgIpc) is 3.48. The van der Waals surface area contributed by atoms with Gasteiger partial charge in [-0.1, -0.05) is 26.0 Å². The first-order chi connectivity index (χ1) is 13.0. The molecule has 1 saturated carbocycles. The number of nitrogens with zero attached hydrogens (tertiary/aromatic N) is 1. The fourth-order valence-electron chi connectivity index (χ4n) is 3.11. The molecule has 1 aliphatic carbocycles. The maximum absolute atomic E-state index is 12.4. The summed E-state index contributed by atoms with van der Waals surface area (Å²) in [5.74, 6) is 2.06.